The van der Waals surface area contributed by atoms with E-state index in [1.54, 1.807) is 30.1 Å². The van der Waals surface area contributed by atoms with Gasteiger partial charge in [0.25, 0.3) is 0 Å². The molecule has 48 heavy (non-hydrogen) atoms. The summed E-state index contributed by atoms with van der Waals surface area (Å²) in [6.07, 6.45) is 0.123. The Morgan fingerprint density at radius 1 is 0.792 bits per heavy atom. The lowest BCUT2D eigenvalue weighted by atomic mass is 9.98. The number of likely N-dealkylation sites (N-methyl/N-ethyl adjacent to an activating group) is 1. The van der Waals surface area contributed by atoms with E-state index in [-0.39, 0.29) is 23.3 Å². The number of hydrogen-bond acceptors (Lipinski definition) is 5. The monoisotopic (exact) mass is 670 g/mol. The van der Waals surface area contributed by atoms with Crippen LogP contribution >= 0.6 is 0 Å². The number of aryl methyl sites for hydroxylation is 2. The van der Waals surface area contributed by atoms with Crippen LogP contribution in [0.25, 0.3) is 10.8 Å². The predicted octanol–water partition coefficient (Wildman–Crippen LogP) is 6.30. The maximum atomic E-state index is 13.8. The van der Waals surface area contributed by atoms with Crippen LogP contribution in [0.5, 0.6) is 0 Å². The van der Waals surface area contributed by atoms with Crippen molar-refractivity contribution in [3.63, 3.8) is 0 Å². The van der Waals surface area contributed by atoms with Crippen LogP contribution in [0.4, 0.5) is 0 Å². The van der Waals surface area contributed by atoms with Crippen LogP contribution in [-0.2, 0) is 32.6 Å². The number of carbonyl (C=O) groups is 2. The fraction of sp³-hybridized carbons (Fsp3) is 0.385. The summed E-state index contributed by atoms with van der Waals surface area (Å²) in [6.45, 7) is 14.8. The van der Waals surface area contributed by atoms with Crippen molar-refractivity contribution in [2.75, 3.05) is 20.1 Å². The first-order valence-corrected chi connectivity index (χ1v) is 18.2. The van der Waals surface area contributed by atoms with Crippen molar-refractivity contribution in [2.45, 2.75) is 83.9 Å². The summed E-state index contributed by atoms with van der Waals surface area (Å²) in [4.78, 5) is 31.5. The Morgan fingerprint density at radius 3 is 2.06 bits per heavy atom. The van der Waals surface area contributed by atoms with Gasteiger partial charge < -0.3 is 10.2 Å². The highest BCUT2D eigenvalue weighted by Crippen LogP contribution is 2.25. The van der Waals surface area contributed by atoms with E-state index in [9.17, 15) is 18.0 Å². The molecule has 0 aliphatic heterocycles. The highest BCUT2D eigenvalue weighted by molar-refractivity contribution is 7.89. The molecule has 2 unspecified atom stereocenters. The van der Waals surface area contributed by atoms with E-state index in [1.165, 1.54) is 5.56 Å². The SMILES string of the molecule is CCN(CC)Cc1ccc(CC(NC(=O)CC(NS(=O)(=O)c2ccc3ccccc3c2)c2ccc(C)c(C)c2)C(=O)N(C)C(C)C)cc1. The number of nitrogens with zero attached hydrogens (tertiary/aromatic N) is 2. The molecule has 2 amide bonds. The minimum atomic E-state index is -4.01. The van der Waals surface area contributed by atoms with Crippen molar-refractivity contribution in [2.24, 2.45) is 0 Å². The molecule has 4 aromatic rings. The summed E-state index contributed by atoms with van der Waals surface area (Å²) in [7, 11) is -2.28. The fourth-order valence-electron chi connectivity index (χ4n) is 5.66. The molecular formula is C39H50N4O4S. The summed E-state index contributed by atoms with van der Waals surface area (Å²) in [5, 5.41) is 4.70. The van der Waals surface area contributed by atoms with E-state index in [1.807, 2.05) is 82.3 Å². The van der Waals surface area contributed by atoms with Crippen LogP contribution < -0.4 is 10.0 Å². The quantitative estimate of drug-likeness (QED) is 0.155. The zero-order valence-electron chi connectivity index (χ0n) is 29.3. The second-order valence-corrected chi connectivity index (χ2v) is 14.6. The van der Waals surface area contributed by atoms with Gasteiger partial charge in [0.1, 0.15) is 6.04 Å². The minimum Gasteiger partial charge on any atom is -0.344 e. The lowest BCUT2D eigenvalue weighted by molar-refractivity contribution is -0.136. The van der Waals surface area contributed by atoms with E-state index in [4.69, 9.17) is 0 Å². The maximum absolute atomic E-state index is 13.8. The van der Waals surface area contributed by atoms with E-state index in [2.05, 4.69) is 40.9 Å². The molecule has 0 saturated carbocycles. The molecule has 4 rings (SSSR count). The Hall–Kier alpha value is -4.05. The number of fused-ring (bicyclic) bond motifs is 1. The van der Waals surface area contributed by atoms with Crippen molar-refractivity contribution in [1.82, 2.24) is 19.8 Å². The van der Waals surface area contributed by atoms with Crippen LogP contribution in [0.3, 0.4) is 0 Å². The van der Waals surface area contributed by atoms with E-state index in [0.717, 1.165) is 47.1 Å². The zero-order valence-corrected chi connectivity index (χ0v) is 30.1. The first kappa shape index (κ1) is 36.8. The number of rotatable bonds is 15. The second-order valence-electron chi connectivity index (χ2n) is 12.9. The molecule has 256 valence electrons. The molecule has 0 aliphatic rings. The highest BCUT2D eigenvalue weighted by Gasteiger charge is 2.29. The van der Waals surface area contributed by atoms with Crippen LogP contribution in [-0.4, -0.2) is 62.3 Å². The Bertz CT molecular complexity index is 1820. The normalized spacial score (nSPS) is 13.1. The van der Waals surface area contributed by atoms with Gasteiger partial charge in [-0.2, -0.15) is 0 Å². The van der Waals surface area contributed by atoms with Crippen molar-refractivity contribution in [3.8, 4) is 0 Å². The molecule has 0 saturated heterocycles. The first-order valence-electron chi connectivity index (χ1n) is 16.8. The smallest absolute Gasteiger partial charge is 0.245 e. The lowest BCUT2D eigenvalue weighted by Crippen LogP contribution is -2.50. The van der Waals surface area contributed by atoms with E-state index >= 15 is 0 Å². The average Bonchev–Trinajstić information content (AvgIpc) is 3.07. The Kier molecular flexibility index (Phi) is 12.5. The third-order valence-corrected chi connectivity index (χ3v) is 10.6. The van der Waals surface area contributed by atoms with Gasteiger partial charge in [0, 0.05) is 32.5 Å². The molecule has 0 aromatic heterocycles. The first-order chi connectivity index (χ1) is 22.8. The molecule has 0 radical (unpaired) electrons. The Balaban J connectivity index is 1.59. The summed E-state index contributed by atoms with van der Waals surface area (Å²) in [6, 6.07) is 24.6. The third-order valence-electron chi connectivity index (χ3n) is 9.17. The lowest BCUT2D eigenvalue weighted by Gasteiger charge is -2.28. The van der Waals surface area contributed by atoms with Gasteiger partial charge in [0.05, 0.1) is 10.9 Å². The molecule has 8 nitrogen and oxygen atoms in total. The maximum Gasteiger partial charge on any atom is 0.245 e. The average molecular weight is 671 g/mol. The van der Waals surface area contributed by atoms with Gasteiger partial charge >= 0.3 is 0 Å². The summed E-state index contributed by atoms with van der Waals surface area (Å²) in [5.41, 5.74) is 4.83. The minimum absolute atomic E-state index is 0.0645. The van der Waals surface area contributed by atoms with Crippen LogP contribution in [0, 0.1) is 13.8 Å². The molecule has 0 fully saturated rings. The van der Waals surface area contributed by atoms with Gasteiger partial charge in [-0.3, -0.25) is 14.5 Å². The molecule has 0 heterocycles. The Morgan fingerprint density at radius 2 is 1.44 bits per heavy atom. The Labute approximate surface area is 286 Å². The van der Waals surface area contributed by atoms with Gasteiger partial charge in [-0.1, -0.05) is 86.6 Å². The molecule has 2 N–H and O–H groups in total. The summed E-state index contributed by atoms with van der Waals surface area (Å²) >= 11 is 0. The van der Waals surface area contributed by atoms with Gasteiger partial charge in [0.2, 0.25) is 21.8 Å². The van der Waals surface area contributed by atoms with Crippen LogP contribution in [0.15, 0.2) is 89.8 Å². The summed E-state index contributed by atoms with van der Waals surface area (Å²) < 4.78 is 30.3. The van der Waals surface area contributed by atoms with E-state index < -0.39 is 28.0 Å². The molecule has 9 heteroatoms. The van der Waals surface area contributed by atoms with Crippen LogP contribution in [0.2, 0.25) is 0 Å². The number of carbonyl (C=O) groups excluding carboxylic acids is 2. The highest BCUT2D eigenvalue weighted by atomic mass is 32.2. The fourth-order valence-corrected chi connectivity index (χ4v) is 6.92. The molecule has 0 spiro atoms. The van der Waals surface area contributed by atoms with Crippen molar-refractivity contribution < 1.29 is 18.0 Å². The molecule has 0 bridgehead atoms. The number of hydrogen-bond donors (Lipinski definition) is 2. The van der Waals surface area contributed by atoms with Gasteiger partial charge in [0.15, 0.2) is 0 Å². The number of sulfonamides is 1. The molecular weight excluding hydrogens is 621 g/mol. The topological polar surface area (TPSA) is 98.8 Å². The van der Waals surface area contributed by atoms with Gasteiger partial charge in [-0.15, -0.1) is 0 Å². The van der Waals surface area contributed by atoms with Crippen molar-refractivity contribution in [3.05, 3.63) is 113 Å². The summed E-state index contributed by atoms with van der Waals surface area (Å²) in [5.74, 6) is -0.627. The third kappa shape index (κ3) is 9.52. The van der Waals surface area contributed by atoms with Crippen molar-refractivity contribution >= 4 is 32.6 Å². The number of benzene rings is 4. The van der Waals surface area contributed by atoms with E-state index in [0.29, 0.717) is 12.0 Å². The molecule has 0 aliphatic carbocycles. The number of nitrogens with one attached hydrogen (secondary N) is 2. The standard InChI is InChI=1S/C39H50N4O4S/c1-8-43(9-2)26-31-17-15-30(16-18-31)23-37(39(45)42(7)27(3)4)40-38(44)25-36(34-19-14-28(5)29(6)22-34)41-48(46,47)35-21-20-32-12-10-11-13-33(32)24-35/h10-22,24,27,36-37,41H,8-9,23,25-26H2,1-7H3,(H,40,44). The largest absolute Gasteiger partial charge is 0.344 e. The number of amides is 2. The molecule has 4 aromatic carbocycles. The van der Waals surface area contributed by atoms with Crippen molar-refractivity contribution in [1.29, 1.82) is 0 Å². The predicted molar refractivity (Wildman–Crippen MR) is 194 cm³/mol. The second kappa shape index (κ2) is 16.4. The van der Waals surface area contributed by atoms with Gasteiger partial charge in [-0.05, 0) is 91.5 Å². The van der Waals surface area contributed by atoms with Gasteiger partial charge in [-0.25, -0.2) is 13.1 Å². The molecule has 2 atom stereocenters. The van der Waals surface area contributed by atoms with Crippen LogP contribution in [0.1, 0.15) is 68.0 Å². The zero-order chi connectivity index (χ0) is 35.0.